The molecule has 1 aliphatic heterocycles. The topological polar surface area (TPSA) is 21.3 Å². The van der Waals surface area contributed by atoms with Gasteiger partial charge >= 0.3 is 0 Å². The zero-order chi connectivity index (χ0) is 12.5. The zero-order valence-electron chi connectivity index (χ0n) is 9.47. The predicted molar refractivity (Wildman–Crippen MR) is 57.5 cm³/mol. The van der Waals surface area contributed by atoms with Gasteiger partial charge in [-0.2, -0.15) is 0 Å². The second-order valence-electron chi connectivity index (χ2n) is 4.19. The van der Waals surface area contributed by atoms with Gasteiger partial charge in [-0.25, -0.2) is 13.2 Å². The van der Waals surface area contributed by atoms with Crippen LogP contribution in [0.15, 0.2) is 18.2 Å². The molecule has 1 N–H and O–H groups in total. The molecule has 0 bridgehead atoms. The Kier molecular flexibility index (Phi) is 3.40. The van der Waals surface area contributed by atoms with Crippen molar-refractivity contribution in [2.75, 3.05) is 19.7 Å². The summed E-state index contributed by atoms with van der Waals surface area (Å²) in [4.78, 5) is 0. The third-order valence-electron chi connectivity index (χ3n) is 2.78. The smallest absolute Gasteiger partial charge is 0.270 e. The molecule has 0 saturated carbocycles. The molecule has 1 fully saturated rings. The summed E-state index contributed by atoms with van der Waals surface area (Å²) in [5.74, 6) is -3.48. The molecule has 1 aromatic carbocycles. The van der Waals surface area contributed by atoms with E-state index in [1.54, 1.807) is 0 Å². The quantitative estimate of drug-likeness (QED) is 0.864. The van der Waals surface area contributed by atoms with Crippen molar-refractivity contribution in [1.82, 2.24) is 5.32 Å². The molecule has 1 unspecified atom stereocenters. The highest BCUT2D eigenvalue weighted by molar-refractivity contribution is 5.30. The van der Waals surface area contributed by atoms with Crippen LogP contribution in [0, 0.1) is 5.82 Å². The number of rotatable bonds is 2. The lowest BCUT2D eigenvalue weighted by atomic mass is 10.0. The largest absolute Gasteiger partial charge is 0.371 e. The van der Waals surface area contributed by atoms with Crippen molar-refractivity contribution in [3.8, 4) is 0 Å². The first-order valence-electron chi connectivity index (χ1n) is 5.48. The van der Waals surface area contributed by atoms with Gasteiger partial charge in [0.25, 0.3) is 5.92 Å². The van der Waals surface area contributed by atoms with E-state index in [4.69, 9.17) is 4.74 Å². The minimum atomic E-state index is -2.97. The summed E-state index contributed by atoms with van der Waals surface area (Å²) in [6.45, 7) is 2.39. The Morgan fingerprint density at radius 2 is 2.18 bits per heavy atom. The normalized spacial score (nSPS) is 21.5. The van der Waals surface area contributed by atoms with Gasteiger partial charge in [0.15, 0.2) is 0 Å². The Hall–Kier alpha value is -1.07. The molecule has 0 radical (unpaired) electrons. The fourth-order valence-corrected chi connectivity index (χ4v) is 1.83. The lowest BCUT2D eigenvalue weighted by Gasteiger charge is -2.25. The van der Waals surface area contributed by atoms with E-state index in [1.807, 2.05) is 0 Å². The fraction of sp³-hybridized carbons (Fsp3) is 0.500. The molecule has 1 aromatic rings. The molecule has 94 valence electrons. The summed E-state index contributed by atoms with van der Waals surface area (Å²) in [5, 5.41) is 3.04. The van der Waals surface area contributed by atoms with Crippen LogP contribution in [0.1, 0.15) is 24.2 Å². The number of benzene rings is 1. The number of hydrogen-bond acceptors (Lipinski definition) is 2. The molecule has 2 rings (SSSR count). The van der Waals surface area contributed by atoms with Crippen LogP contribution in [-0.2, 0) is 10.7 Å². The minimum Gasteiger partial charge on any atom is -0.371 e. The van der Waals surface area contributed by atoms with Gasteiger partial charge in [0, 0.05) is 31.1 Å². The standard InChI is InChI=1S/C12H14F3NO/c1-12(14,15)8-2-3-10(13)9(6-8)11-7-16-4-5-17-11/h2-3,6,11,16H,4-5,7H2,1H3. The maximum atomic E-state index is 13.6. The molecule has 1 saturated heterocycles. The average molecular weight is 245 g/mol. The van der Waals surface area contributed by atoms with Crippen molar-refractivity contribution in [2.24, 2.45) is 0 Å². The average Bonchev–Trinajstić information content (AvgIpc) is 2.29. The summed E-state index contributed by atoms with van der Waals surface area (Å²) in [6.07, 6.45) is -0.494. The van der Waals surface area contributed by atoms with Crippen LogP contribution in [0.5, 0.6) is 0 Å². The molecule has 2 nitrogen and oxygen atoms in total. The van der Waals surface area contributed by atoms with E-state index < -0.39 is 17.8 Å². The van der Waals surface area contributed by atoms with E-state index in [0.717, 1.165) is 19.1 Å². The second kappa shape index (κ2) is 4.66. The minimum absolute atomic E-state index is 0.191. The summed E-state index contributed by atoms with van der Waals surface area (Å²) >= 11 is 0. The molecular weight excluding hydrogens is 231 g/mol. The van der Waals surface area contributed by atoms with Crippen molar-refractivity contribution in [2.45, 2.75) is 19.0 Å². The maximum absolute atomic E-state index is 13.6. The van der Waals surface area contributed by atoms with Crippen LogP contribution >= 0.6 is 0 Å². The van der Waals surface area contributed by atoms with Gasteiger partial charge < -0.3 is 10.1 Å². The molecule has 0 aliphatic carbocycles. The van der Waals surface area contributed by atoms with Gasteiger partial charge in [-0.05, 0) is 12.1 Å². The van der Waals surface area contributed by atoms with E-state index in [0.29, 0.717) is 19.7 Å². The van der Waals surface area contributed by atoms with E-state index >= 15 is 0 Å². The third kappa shape index (κ3) is 2.79. The molecule has 0 amide bonds. The molecule has 0 aromatic heterocycles. The van der Waals surface area contributed by atoms with E-state index in [-0.39, 0.29) is 11.1 Å². The molecule has 1 atom stereocenters. The Morgan fingerprint density at radius 3 is 2.76 bits per heavy atom. The van der Waals surface area contributed by atoms with E-state index in [1.165, 1.54) is 6.07 Å². The van der Waals surface area contributed by atoms with Crippen molar-refractivity contribution in [1.29, 1.82) is 0 Å². The Labute approximate surface area is 97.8 Å². The van der Waals surface area contributed by atoms with Gasteiger partial charge in [0.1, 0.15) is 5.82 Å². The summed E-state index contributed by atoms with van der Waals surface area (Å²) in [7, 11) is 0. The van der Waals surface area contributed by atoms with Crippen molar-refractivity contribution >= 4 is 0 Å². The number of alkyl halides is 2. The van der Waals surface area contributed by atoms with Crippen LogP contribution in [0.2, 0.25) is 0 Å². The van der Waals surface area contributed by atoms with Gasteiger partial charge in [-0.15, -0.1) is 0 Å². The van der Waals surface area contributed by atoms with Gasteiger partial charge in [0.05, 0.1) is 12.7 Å². The summed E-state index contributed by atoms with van der Waals surface area (Å²) in [6, 6.07) is 3.36. The Morgan fingerprint density at radius 1 is 1.41 bits per heavy atom. The highest BCUT2D eigenvalue weighted by atomic mass is 19.3. The summed E-state index contributed by atoms with van der Waals surface area (Å²) < 4.78 is 45.3. The lowest BCUT2D eigenvalue weighted by molar-refractivity contribution is 0.0144. The van der Waals surface area contributed by atoms with Crippen LogP contribution in [-0.4, -0.2) is 19.7 Å². The van der Waals surface area contributed by atoms with Gasteiger partial charge in [-0.1, -0.05) is 6.07 Å². The predicted octanol–water partition coefficient (Wildman–Crippen LogP) is 2.60. The maximum Gasteiger partial charge on any atom is 0.270 e. The summed E-state index contributed by atoms with van der Waals surface area (Å²) in [5.41, 5.74) is -0.000650. The molecular formula is C12H14F3NO. The first-order chi connectivity index (χ1) is 7.98. The molecule has 1 heterocycles. The van der Waals surface area contributed by atoms with Crippen LogP contribution in [0.3, 0.4) is 0 Å². The van der Waals surface area contributed by atoms with E-state index in [2.05, 4.69) is 5.32 Å². The molecule has 1 aliphatic rings. The van der Waals surface area contributed by atoms with Crippen molar-refractivity contribution < 1.29 is 17.9 Å². The first-order valence-corrected chi connectivity index (χ1v) is 5.48. The van der Waals surface area contributed by atoms with Gasteiger partial charge in [-0.3, -0.25) is 0 Å². The first kappa shape index (κ1) is 12.4. The Balaban J connectivity index is 2.31. The third-order valence-corrected chi connectivity index (χ3v) is 2.78. The van der Waals surface area contributed by atoms with Crippen LogP contribution in [0.25, 0.3) is 0 Å². The van der Waals surface area contributed by atoms with Crippen LogP contribution < -0.4 is 5.32 Å². The van der Waals surface area contributed by atoms with Crippen molar-refractivity contribution in [3.63, 3.8) is 0 Å². The number of hydrogen-bond donors (Lipinski definition) is 1. The van der Waals surface area contributed by atoms with Crippen LogP contribution in [0.4, 0.5) is 13.2 Å². The lowest BCUT2D eigenvalue weighted by Crippen LogP contribution is -2.33. The van der Waals surface area contributed by atoms with Gasteiger partial charge in [0.2, 0.25) is 0 Å². The molecule has 0 spiro atoms. The number of nitrogens with one attached hydrogen (secondary N) is 1. The monoisotopic (exact) mass is 245 g/mol. The SMILES string of the molecule is CC(F)(F)c1ccc(F)c(C2CNCCO2)c1. The number of ether oxygens (including phenoxy) is 1. The molecule has 17 heavy (non-hydrogen) atoms. The molecule has 5 heteroatoms. The number of morpholine rings is 1. The Bertz CT molecular complexity index is 397. The highest BCUT2D eigenvalue weighted by Gasteiger charge is 2.27. The second-order valence-corrected chi connectivity index (χ2v) is 4.19. The van der Waals surface area contributed by atoms with Crippen molar-refractivity contribution in [3.05, 3.63) is 35.1 Å². The zero-order valence-corrected chi connectivity index (χ0v) is 9.47. The fourth-order valence-electron chi connectivity index (χ4n) is 1.83. The number of halogens is 3. The highest BCUT2D eigenvalue weighted by Crippen LogP contribution is 2.31. The van der Waals surface area contributed by atoms with E-state index in [9.17, 15) is 13.2 Å².